The van der Waals surface area contributed by atoms with Crippen LogP contribution in [0.3, 0.4) is 0 Å². The summed E-state index contributed by atoms with van der Waals surface area (Å²) in [4.78, 5) is 0. The van der Waals surface area contributed by atoms with Gasteiger partial charge in [0.15, 0.2) is 0 Å². The number of phenolic OH excluding ortho intramolecular Hbond substituents is 3. The summed E-state index contributed by atoms with van der Waals surface area (Å²) in [6, 6.07) is 13.4. The van der Waals surface area contributed by atoms with Gasteiger partial charge in [-0.3, -0.25) is 0 Å². The van der Waals surface area contributed by atoms with Crippen LogP contribution < -0.4 is 0 Å². The number of halogens is 2. The molecule has 0 aromatic heterocycles. The van der Waals surface area contributed by atoms with E-state index in [2.05, 4.69) is 45.2 Å². The molecule has 3 aromatic carbocycles. The molecule has 0 aliphatic heterocycles. The molecule has 3 aromatic rings. The van der Waals surface area contributed by atoms with Crippen molar-refractivity contribution in [1.29, 1.82) is 0 Å². The second-order valence-electron chi connectivity index (χ2n) is 6.74. The summed E-state index contributed by atoms with van der Waals surface area (Å²) in [7, 11) is 0. The fourth-order valence-electron chi connectivity index (χ4n) is 3.20. The van der Waals surface area contributed by atoms with Crippen LogP contribution in [0.5, 0.6) is 17.2 Å². The van der Waals surface area contributed by atoms with Gasteiger partial charge in [-0.15, -0.1) is 0 Å². The molecule has 0 heterocycles. The highest BCUT2D eigenvalue weighted by atomic mass is 127. The molecule has 5 heteroatoms. The topological polar surface area (TPSA) is 60.7 Å². The monoisotopic (exact) mass is 586 g/mol. The van der Waals surface area contributed by atoms with E-state index < -0.39 is 0 Å². The molecule has 3 nitrogen and oxygen atoms in total. The van der Waals surface area contributed by atoms with Crippen molar-refractivity contribution in [3.8, 4) is 17.2 Å². The zero-order valence-electron chi connectivity index (χ0n) is 15.1. The Kier molecular flexibility index (Phi) is 6.20. The first-order valence-electron chi connectivity index (χ1n) is 8.52. The number of aromatic hydroxyl groups is 3. The third-order valence-corrected chi connectivity index (χ3v) is 5.91. The Balaban J connectivity index is 2.00. The van der Waals surface area contributed by atoms with Crippen molar-refractivity contribution in [3.63, 3.8) is 0 Å². The first-order chi connectivity index (χ1) is 12.8. The minimum absolute atomic E-state index is 0.215. The Morgan fingerprint density at radius 1 is 0.630 bits per heavy atom. The molecular formula is C22H20I2O3. The largest absolute Gasteiger partial charge is 0.507 e. The maximum Gasteiger partial charge on any atom is 0.122 e. The molecule has 0 amide bonds. The Labute approximate surface area is 186 Å². The van der Waals surface area contributed by atoms with Crippen LogP contribution in [-0.4, -0.2) is 15.3 Å². The highest BCUT2D eigenvalue weighted by Crippen LogP contribution is 2.34. The van der Waals surface area contributed by atoms with Crippen LogP contribution in [0, 0.1) is 21.0 Å². The van der Waals surface area contributed by atoms with Crippen molar-refractivity contribution in [1.82, 2.24) is 0 Å². The normalized spacial score (nSPS) is 11.0. The Morgan fingerprint density at radius 2 is 1.11 bits per heavy atom. The lowest BCUT2D eigenvalue weighted by Crippen LogP contribution is -1.98. The minimum Gasteiger partial charge on any atom is -0.507 e. The quantitative estimate of drug-likeness (QED) is 0.339. The summed E-state index contributed by atoms with van der Waals surface area (Å²) in [6.45, 7) is 3.74. The number of rotatable bonds is 4. The molecule has 0 spiro atoms. The number of hydrogen-bond acceptors (Lipinski definition) is 3. The maximum atomic E-state index is 10.9. The average Bonchev–Trinajstić information content (AvgIpc) is 2.60. The van der Waals surface area contributed by atoms with E-state index in [1.54, 1.807) is 0 Å². The van der Waals surface area contributed by atoms with E-state index in [9.17, 15) is 15.3 Å². The van der Waals surface area contributed by atoms with Crippen molar-refractivity contribution in [2.75, 3.05) is 0 Å². The van der Waals surface area contributed by atoms with Crippen LogP contribution in [-0.2, 0) is 12.8 Å². The Morgan fingerprint density at radius 3 is 1.74 bits per heavy atom. The van der Waals surface area contributed by atoms with Gasteiger partial charge >= 0.3 is 0 Å². The van der Waals surface area contributed by atoms with Crippen molar-refractivity contribution >= 4 is 45.2 Å². The van der Waals surface area contributed by atoms with Gasteiger partial charge in [0.2, 0.25) is 0 Å². The maximum absolute atomic E-state index is 10.9. The van der Waals surface area contributed by atoms with Crippen molar-refractivity contribution < 1.29 is 15.3 Å². The molecule has 0 saturated carbocycles. The van der Waals surface area contributed by atoms with E-state index in [1.807, 2.05) is 56.3 Å². The molecule has 0 saturated heterocycles. The molecule has 140 valence electrons. The zero-order valence-corrected chi connectivity index (χ0v) is 19.4. The molecule has 0 aliphatic rings. The molecule has 3 N–H and O–H groups in total. The molecule has 0 fully saturated rings. The lowest BCUT2D eigenvalue weighted by atomic mass is 9.95. The predicted octanol–water partition coefficient (Wildman–Crippen LogP) is 5.81. The molecule has 0 bridgehead atoms. The van der Waals surface area contributed by atoms with E-state index in [0.29, 0.717) is 12.8 Å². The second kappa shape index (κ2) is 8.26. The third kappa shape index (κ3) is 4.51. The van der Waals surface area contributed by atoms with Gasteiger partial charge in [0, 0.05) is 20.0 Å². The highest BCUT2D eigenvalue weighted by Gasteiger charge is 2.15. The zero-order chi connectivity index (χ0) is 19.7. The van der Waals surface area contributed by atoms with Gasteiger partial charge in [0.25, 0.3) is 0 Å². The van der Waals surface area contributed by atoms with E-state index in [1.165, 1.54) is 0 Å². The lowest BCUT2D eigenvalue weighted by Gasteiger charge is -2.14. The van der Waals surface area contributed by atoms with Gasteiger partial charge in [-0.1, -0.05) is 18.2 Å². The van der Waals surface area contributed by atoms with Crippen molar-refractivity contribution in [2.45, 2.75) is 26.7 Å². The van der Waals surface area contributed by atoms with Gasteiger partial charge in [-0.25, -0.2) is 0 Å². The molecule has 0 aliphatic carbocycles. The second-order valence-corrected chi connectivity index (χ2v) is 9.23. The number of benzene rings is 3. The smallest absolute Gasteiger partial charge is 0.122 e. The van der Waals surface area contributed by atoms with Crippen LogP contribution in [0.25, 0.3) is 0 Å². The molecule has 0 atom stereocenters. The van der Waals surface area contributed by atoms with Gasteiger partial charge in [0.05, 0.1) is 0 Å². The van der Waals surface area contributed by atoms with Crippen LogP contribution in [0.2, 0.25) is 0 Å². The summed E-state index contributed by atoms with van der Waals surface area (Å²) in [5.41, 5.74) is 4.75. The average molecular weight is 586 g/mol. The van der Waals surface area contributed by atoms with Gasteiger partial charge in [-0.05, 0) is 117 Å². The predicted molar refractivity (Wildman–Crippen MR) is 125 cm³/mol. The number of hydrogen-bond donors (Lipinski definition) is 3. The number of para-hydroxylation sites is 1. The molecular weight excluding hydrogens is 566 g/mol. The van der Waals surface area contributed by atoms with E-state index >= 15 is 0 Å². The van der Waals surface area contributed by atoms with Gasteiger partial charge in [-0.2, -0.15) is 0 Å². The summed E-state index contributed by atoms with van der Waals surface area (Å²) < 4.78 is 2.05. The Bertz CT molecular complexity index is 1010. The molecule has 3 rings (SSSR count). The Hall–Kier alpha value is -1.48. The lowest BCUT2D eigenvalue weighted by molar-refractivity contribution is 0.455. The van der Waals surface area contributed by atoms with Crippen molar-refractivity contribution in [2.24, 2.45) is 0 Å². The highest BCUT2D eigenvalue weighted by molar-refractivity contribution is 14.1. The van der Waals surface area contributed by atoms with E-state index in [4.69, 9.17) is 0 Å². The van der Waals surface area contributed by atoms with Crippen LogP contribution in [0.1, 0.15) is 33.4 Å². The third-order valence-electron chi connectivity index (χ3n) is 4.66. The van der Waals surface area contributed by atoms with Crippen LogP contribution in [0.15, 0.2) is 42.5 Å². The fraction of sp³-hybridized carbons (Fsp3) is 0.182. The van der Waals surface area contributed by atoms with Gasteiger partial charge in [0.1, 0.15) is 17.2 Å². The van der Waals surface area contributed by atoms with Crippen LogP contribution in [0.4, 0.5) is 0 Å². The number of aryl methyl sites for hydroxylation is 2. The first-order valence-corrected chi connectivity index (χ1v) is 10.7. The summed E-state index contributed by atoms with van der Waals surface area (Å²) in [6.07, 6.45) is 0.888. The minimum atomic E-state index is 0.215. The summed E-state index contributed by atoms with van der Waals surface area (Å²) in [5, 5.41) is 31.6. The fourth-order valence-corrected chi connectivity index (χ4v) is 4.79. The van der Waals surface area contributed by atoms with Gasteiger partial charge < -0.3 is 15.3 Å². The van der Waals surface area contributed by atoms with E-state index in [0.717, 1.165) is 40.5 Å². The number of phenols is 3. The first kappa shape index (κ1) is 20.3. The molecule has 27 heavy (non-hydrogen) atoms. The molecule has 0 unspecified atom stereocenters. The van der Waals surface area contributed by atoms with Crippen molar-refractivity contribution in [3.05, 3.63) is 83.0 Å². The molecule has 0 radical (unpaired) electrons. The summed E-state index contributed by atoms with van der Waals surface area (Å²) >= 11 is 4.46. The standard InChI is InChI=1S/C22H20I2O3/c1-12-4-3-5-14(20(12)25)7-16-10-19(24)11-17(22(16)27)8-15-9-18(23)6-13(2)21(15)26/h3-6,9-11,25-27H,7-8H2,1-2H3. The summed E-state index contributed by atoms with van der Waals surface area (Å²) in [5.74, 6) is 0.752. The SMILES string of the molecule is Cc1cccc(Cc2cc(I)cc(Cc3cc(I)cc(C)c3O)c2O)c1O. The van der Waals surface area contributed by atoms with Crippen LogP contribution >= 0.6 is 45.2 Å². The van der Waals surface area contributed by atoms with E-state index in [-0.39, 0.29) is 17.2 Å².